The highest BCUT2D eigenvalue weighted by molar-refractivity contribution is 5.75. The first-order chi connectivity index (χ1) is 15.6. The molecule has 1 saturated carbocycles. The molecule has 1 aliphatic carbocycles. The van der Waals surface area contributed by atoms with E-state index in [0.29, 0.717) is 24.2 Å². The predicted octanol–water partition coefficient (Wildman–Crippen LogP) is 5.01. The molecule has 2 fully saturated rings. The average molecular weight is 437 g/mol. The van der Waals surface area contributed by atoms with Crippen LogP contribution in [0, 0.1) is 5.92 Å². The lowest BCUT2D eigenvalue weighted by atomic mass is 9.79. The number of nitrogens with zero attached hydrogens (tertiary/aromatic N) is 3. The third kappa shape index (κ3) is 5.91. The third-order valence-electron chi connectivity index (χ3n) is 6.83. The fourth-order valence-electron chi connectivity index (χ4n) is 4.87. The Balaban J connectivity index is 1.33. The van der Waals surface area contributed by atoms with E-state index in [2.05, 4.69) is 29.1 Å². The van der Waals surface area contributed by atoms with Crippen molar-refractivity contribution < 1.29 is 9.53 Å². The van der Waals surface area contributed by atoms with Crippen molar-refractivity contribution in [2.45, 2.75) is 83.2 Å². The van der Waals surface area contributed by atoms with Gasteiger partial charge in [-0.3, -0.25) is 9.78 Å². The molecule has 1 amide bonds. The first kappa shape index (κ1) is 22.8. The van der Waals surface area contributed by atoms with Gasteiger partial charge in [-0.1, -0.05) is 19.9 Å². The van der Waals surface area contributed by atoms with Crippen molar-refractivity contribution in [1.29, 1.82) is 0 Å². The lowest BCUT2D eigenvalue weighted by molar-refractivity contribution is -0.121. The molecule has 0 spiro atoms. The van der Waals surface area contributed by atoms with Crippen molar-refractivity contribution in [1.82, 2.24) is 20.3 Å². The monoisotopic (exact) mass is 436 g/mol. The van der Waals surface area contributed by atoms with Crippen LogP contribution in [0.4, 0.5) is 0 Å². The van der Waals surface area contributed by atoms with Gasteiger partial charge < -0.3 is 10.1 Å². The van der Waals surface area contributed by atoms with Crippen LogP contribution in [-0.2, 0) is 9.53 Å². The van der Waals surface area contributed by atoms with Gasteiger partial charge in [0.05, 0.1) is 17.5 Å². The third-order valence-corrected chi connectivity index (χ3v) is 6.83. The van der Waals surface area contributed by atoms with Crippen molar-refractivity contribution in [3.8, 4) is 11.3 Å². The molecule has 0 unspecified atom stereocenters. The van der Waals surface area contributed by atoms with Crippen LogP contribution in [-0.4, -0.2) is 40.1 Å². The van der Waals surface area contributed by atoms with Gasteiger partial charge in [0.25, 0.3) is 0 Å². The summed E-state index contributed by atoms with van der Waals surface area (Å²) in [6, 6.07) is 5.99. The minimum Gasteiger partial charge on any atom is -0.378 e. The zero-order chi connectivity index (χ0) is 22.3. The van der Waals surface area contributed by atoms with Crippen molar-refractivity contribution in [2.24, 2.45) is 5.92 Å². The summed E-state index contributed by atoms with van der Waals surface area (Å²) < 4.78 is 5.62. The Kier molecular flexibility index (Phi) is 7.85. The summed E-state index contributed by atoms with van der Waals surface area (Å²) in [6.07, 6.45) is 12.1. The highest BCUT2D eigenvalue weighted by atomic mass is 16.5. The van der Waals surface area contributed by atoms with E-state index in [9.17, 15) is 4.79 Å². The summed E-state index contributed by atoms with van der Waals surface area (Å²) in [7, 11) is 0. The highest BCUT2D eigenvalue weighted by Gasteiger charge is 2.27. The quantitative estimate of drug-likeness (QED) is 0.629. The maximum Gasteiger partial charge on any atom is 0.220 e. The molecule has 6 heteroatoms. The Bertz CT molecular complexity index is 873. The number of carbonyl (C=O) groups is 1. The predicted molar refractivity (Wildman–Crippen MR) is 125 cm³/mol. The van der Waals surface area contributed by atoms with E-state index in [1.807, 2.05) is 30.6 Å². The second kappa shape index (κ2) is 11.0. The van der Waals surface area contributed by atoms with Crippen LogP contribution in [0.2, 0.25) is 0 Å². The summed E-state index contributed by atoms with van der Waals surface area (Å²) in [6.45, 7) is 5.91. The summed E-state index contributed by atoms with van der Waals surface area (Å²) >= 11 is 0. The van der Waals surface area contributed by atoms with Gasteiger partial charge in [-0.15, -0.1) is 0 Å². The van der Waals surface area contributed by atoms with Gasteiger partial charge >= 0.3 is 0 Å². The molecule has 172 valence electrons. The molecular formula is C26H36N4O2. The van der Waals surface area contributed by atoms with Crippen LogP contribution >= 0.6 is 0 Å². The van der Waals surface area contributed by atoms with E-state index in [0.717, 1.165) is 80.9 Å². The van der Waals surface area contributed by atoms with E-state index < -0.39 is 0 Å². The van der Waals surface area contributed by atoms with Crippen molar-refractivity contribution >= 4 is 5.91 Å². The van der Waals surface area contributed by atoms with Crippen molar-refractivity contribution in [3.63, 3.8) is 0 Å². The number of pyridine rings is 1. The van der Waals surface area contributed by atoms with Gasteiger partial charge in [-0.05, 0) is 63.0 Å². The fourth-order valence-corrected chi connectivity index (χ4v) is 4.87. The van der Waals surface area contributed by atoms with Gasteiger partial charge in [-0.2, -0.15) is 0 Å². The number of hydrogen-bond donors (Lipinski definition) is 1. The maximum atomic E-state index is 12.2. The summed E-state index contributed by atoms with van der Waals surface area (Å²) in [4.78, 5) is 26.4. The molecule has 2 aromatic heterocycles. The molecule has 3 heterocycles. The number of carbonyl (C=O) groups excluding carboxylic acids is 1. The summed E-state index contributed by atoms with van der Waals surface area (Å²) in [5.41, 5.74) is 3.14. The van der Waals surface area contributed by atoms with Gasteiger partial charge in [0, 0.05) is 49.4 Å². The number of hydrogen-bond acceptors (Lipinski definition) is 5. The average Bonchev–Trinajstić information content (AvgIpc) is 3.36. The Morgan fingerprint density at radius 1 is 1.16 bits per heavy atom. The Morgan fingerprint density at radius 2 is 2.00 bits per heavy atom. The van der Waals surface area contributed by atoms with Crippen molar-refractivity contribution in [2.75, 3.05) is 13.2 Å². The molecule has 2 aliphatic rings. The van der Waals surface area contributed by atoms with E-state index in [1.54, 1.807) is 0 Å². The molecule has 6 nitrogen and oxygen atoms in total. The molecule has 0 radical (unpaired) electrons. The minimum absolute atomic E-state index is 0.164. The normalized spacial score (nSPS) is 23.4. The van der Waals surface area contributed by atoms with Crippen LogP contribution in [0.3, 0.4) is 0 Å². The summed E-state index contributed by atoms with van der Waals surface area (Å²) in [5.74, 6) is 2.33. The number of rotatable bonds is 8. The highest BCUT2D eigenvalue weighted by Crippen LogP contribution is 2.38. The van der Waals surface area contributed by atoms with E-state index in [1.165, 1.54) is 0 Å². The number of ether oxygens (including phenoxy) is 1. The second-order valence-electron chi connectivity index (χ2n) is 9.59. The van der Waals surface area contributed by atoms with Crippen molar-refractivity contribution in [3.05, 3.63) is 42.1 Å². The molecular weight excluding hydrogens is 400 g/mol. The molecule has 32 heavy (non-hydrogen) atoms. The van der Waals surface area contributed by atoms with Gasteiger partial charge in [-0.25, -0.2) is 9.97 Å². The zero-order valence-corrected chi connectivity index (χ0v) is 19.4. The zero-order valence-electron chi connectivity index (χ0n) is 19.4. The fraction of sp³-hybridized carbons (Fsp3) is 0.615. The molecule has 1 atom stereocenters. The lowest BCUT2D eigenvalue weighted by Gasteiger charge is -2.29. The maximum absolute atomic E-state index is 12.2. The van der Waals surface area contributed by atoms with Crippen LogP contribution in [0.15, 0.2) is 30.6 Å². The summed E-state index contributed by atoms with van der Waals surface area (Å²) in [5, 5.41) is 3.16. The molecule has 1 saturated heterocycles. The molecule has 0 aromatic carbocycles. The van der Waals surface area contributed by atoms with Gasteiger partial charge in [0.15, 0.2) is 0 Å². The van der Waals surface area contributed by atoms with E-state index >= 15 is 0 Å². The topological polar surface area (TPSA) is 77.0 Å². The number of aromatic nitrogens is 3. The number of nitrogens with one attached hydrogen (secondary N) is 1. The van der Waals surface area contributed by atoms with Crippen LogP contribution in [0.5, 0.6) is 0 Å². The smallest absolute Gasteiger partial charge is 0.220 e. The molecule has 0 bridgehead atoms. The molecule has 1 N–H and O–H groups in total. The van der Waals surface area contributed by atoms with E-state index in [-0.39, 0.29) is 12.0 Å². The first-order valence-electron chi connectivity index (χ1n) is 12.3. The van der Waals surface area contributed by atoms with Crippen LogP contribution in [0.25, 0.3) is 11.3 Å². The van der Waals surface area contributed by atoms with Gasteiger partial charge in [0.2, 0.25) is 5.91 Å². The Labute approximate surface area is 191 Å². The first-order valence-corrected chi connectivity index (χ1v) is 12.3. The molecule has 4 rings (SSSR count). The van der Waals surface area contributed by atoms with E-state index in [4.69, 9.17) is 9.72 Å². The second-order valence-corrected chi connectivity index (χ2v) is 9.59. The van der Waals surface area contributed by atoms with Crippen LogP contribution in [0.1, 0.15) is 88.6 Å². The lowest BCUT2D eigenvalue weighted by Crippen LogP contribution is -2.31. The minimum atomic E-state index is 0.164. The Morgan fingerprint density at radius 3 is 2.69 bits per heavy atom. The van der Waals surface area contributed by atoms with Crippen LogP contribution < -0.4 is 5.32 Å². The number of amides is 1. The van der Waals surface area contributed by atoms with Gasteiger partial charge in [0.1, 0.15) is 5.82 Å². The Hall–Kier alpha value is -2.34. The molecule has 1 aliphatic heterocycles. The molecule has 2 aromatic rings. The SMILES string of the molecule is CC(C)c1ncc(-c2ccccn2)c(C2CCC(CNC(=O)CC[C@H]3CCCO3)CC2)n1. The standard InChI is InChI=1S/C26H36N4O2/c1-18(2)26-29-17-22(23-7-3-4-14-27-23)25(30-26)20-10-8-19(9-11-20)16-28-24(31)13-12-21-6-5-15-32-21/h3-4,7,14,17-21H,5-6,8-13,15-16H2,1-2H3,(H,28,31)/t19?,20?,21-/m1/s1. The largest absolute Gasteiger partial charge is 0.378 e.